The SMILES string of the molecule is CC(C)NC(=O)N1CCN(C(=O)c2ccccn2)CC2(CNC(=O)C2)C1. The van der Waals surface area contributed by atoms with E-state index in [1.54, 1.807) is 34.2 Å². The second kappa shape index (κ2) is 7.31. The predicted molar refractivity (Wildman–Crippen MR) is 95.4 cm³/mol. The van der Waals surface area contributed by atoms with Crippen molar-refractivity contribution in [3.8, 4) is 0 Å². The van der Waals surface area contributed by atoms with Gasteiger partial charge in [0.1, 0.15) is 5.69 Å². The first-order valence-electron chi connectivity index (χ1n) is 8.91. The maximum absolute atomic E-state index is 12.9. The van der Waals surface area contributed by atoms with Gasteiger partial charge in [0.25, 0.3) is 5.91 Å². The third-order valence-electron chi connectivity index (χ3n) is 4.76. The van der Waals surface area contributed by atoms with Gasteiger partial charge in [-0.3, -0.25) is 14.6 Å². The lowest BCUT2D eigenvalue weighted by molar-refractivity contribution is -0.119. The summed E-state index contributed by atoms with van der Waals surface area (Å²) in [5, 5.41) is 5.76. The molecule has 3 rings (SSSR count). The fraction of sp³-hybridized carbons (Fsp3) is 0.556. The lowest BCUT2D eigenvalue weighted by Gasteiger charge is -2.32. The highest BCUT2D eigenvalue weighted by atomic mass is 16.2. The molecule has 0 aliphatic carbocycles. The molecular weight excluding hydrogens is 334 g/mol. The average Bonchev–Trinajstić information content (AvgIpc) is 2.86. The molecule has 0 saturated carbocycles. The molecule has 2 fully saturated rings. The maximum Gasteiger partial charge on any atom is 0.317 e. The van der Waals surface area contributed by atoms with Crippen molar-refractivity contribution in [2.45, 2.75) is 26.3 Å². The van der Waals surface area contributed by atoms with Gasteiger partial charge < -0.3 is 20.4 Å². The molecule has 0 bridgehead atoms. The summed E-state index contributed by atoms with van der Waals surface area (Å²) in [6, 6.07) is 5.08. The van der Waals surface area contributed by atoms with E-state index < -0.39 is 5.41 Å². The Morgan fingerprint density at radius 1 is 1.23 bits per heavy atom. The van der Waals surface area contributed by atoms with Crippen LogP contribution in [0.5, 0.6) is 0 Å². The van der Waals surface area contributed by atoms with Crippen LogP contribution in [0.4, 0.5) is 4.79 Å². The van der Waals surface area contributed by atoms with E-state index in [0.717, 1.165) is 0 Å². The summed E-state index contributed by atoms with van der Waals surface area (Å²) in [7, 11) is 0. The van der Waals surface area contributed by atoms with Crippen LogP contribution in [0.3, 0.4) is 0 Å². The number of carbonyl (C=O) groups excluding carboxylic acids is 3. The van der Waals surface area contributed by atoms with Crippen LogP contribution in [0.2, 0.25) is 0 Å². The Bertz CT molecular complexity index is 693. The monoisotopic (exact) mass is 359 g/mol. The van der Waals surface area contributed by atoms with Gasteiger partial charge in [0, 0.05) is 56.8 Å². The molecule has 1 atom stereocenters. The number of hydrogen-bond donors (Lipinski definition) is 2. The van der Waals surface area contributed by atoms with Gasteiger partial charge in [-0.1, -0.05) is 6.07 Å². The topological polar surface area (TPSA) is 94.6 Å². The average molecular weight is 359 g/mol. The summed E-state index contributed by atoms with van der Waals surface area (Å²) in [6.07, 6.45) is 1.90. The van der Waals surface area contributed by atoms with Crippen LogP contribution < -0.4 is 10.6 Å². The quantitative estimate of drug-likeness (QED) is 0.802. The molecule has 1 unspecified atom stereocenters. The Morgan fingerprint density at radius 2 is 1.96 bits per heavy atom. The van der Waals surface area contributed by atoms with Crippen LogP contribution >= 0.6 is 0 Å². The largest absolute Gasteiger partial charge is 0.355 e. The highest BCUT2D eigenvalue weighted by molar-refractivity contribution is 5.92. The van der Waals surface area contributed by atoms with E-state index >= 15 is 0 Å². The van der Waals surface area contributed by atoms with Crippen LogP contribution in [-0.2, 0) is 4.79 Å². The molecule has 1 spiro atoms. The van der Waals surface area contributed by atoms with E-state index in [-0.39, 0.29) is 23.9 Å². The molecule has 8 nitrogen and oxygen atoms in total. The van der Waals surface area contributed by atoms with Crippen molar-refractivity contribution in [3.05, 3.63) is 30.1 Å². The number of amides is 4. The van der Waals surface area contributed by atoms with Crippen LogP contribution in [0.15, 0.2) is 24.4 Å². The van der Waals surface area contributed by atoms with Crippen molar-refractivity contribution in [1.29, 1.82) is 0 Å². The van der Waals surface area contributed by atoms with Gasteiger partial charge in [0.15, 0.2) is 0 Å². The van der Waals surface area contributed by atoms with Crippen LogP contribution in [0.1, 0.15) is 30.8 Å². The third-order valence-corrected chi connectivity index (χ3v) is 4.76. The minimum Gasteiger partial charge on any atom is -0.355 e. The fourth-order valence-electron chi connectivity index (χ4n) is 3.57. The third kappa shape index (κ3) is 3.95. The Hall–Kier alpha value is -2.64. The molecule has 4 amide bonds. The Morgan fingerprint density at radius 3 is 2.58 bits per heavy atom. The van der Waals surface area contributed by atoms with E-state index in [2.05, 4.69) is 15.6 Å². The molecule has 2 saturated heterocycles. The predicted octanol–water partition coefficient (Wildman–Crippen LogP) is 0.464. The number of pyridine rings is 1. The minimum atomic E-state index is -0.466. The number of hydrogen-bond acceptors (Lipinski definition) is 4. The van der Waals surface area contributed by atoms with Crippen LogP contribution in [0, 0.1) is 5.41 Å². The number of rotatable bonds is 2. The zero-order valence-electron chi connectivity index (χ0n) is 15.2. The second-order valence-corrected chi connectivity index (χ2v) is 7.42. The normalized spacial score (nSPS) is 23.1. The van der Waals surface area contributed by atoms with Crippen LogP contribution in [-0.4, -0.2) is 71.4 Å². The summed E-state index contributed by atoms with van der Waals surface area (Å²) >= 11 is 0. The van der Waals surface area contributed by atoms with E-state index in [4.69, 9.17) is 0 Å². The lowest BCUT2D eigenvalue weighted by atomic mass is 9.86. The minimum absolute atomic E-state index is 0.0243. The Balaban J connectivity index is 1.82. The highest BCUT2D eigenvalue weighted by Crippen LogP contribution is 2.31. The molecule has 2 aliphatic heterocycles. The molecule has 140 valence electrons. The van der Waals surface area contributed by atoms with Crippen molar-refractivity contribution in [2.24, 2.45) is 5.41 Å². The summed E-state index contributed by atoms with van der Waals surface area (Å²) in [4.78, 5) is 44.8. The number of aromatic nitrogens is 1. The van der Waals surface area contributed by atoms with Gasteiger partial charge in [-0.05, 0) is 26.0 Å². The first kappa shape index (κ1) is 18.2. The summed E-state index contributed by atoms with van der Waals surface area (Å²) in [5.41, 5.74) is -0.0909. The first-order valence-corrected chi connectivity index (χ1v) is 8.91. The highest BCUT2D eigenvalue weighted by Gasteiger charge is 2.45. The smallest absolute Gasteiger partial charge is 0.317 e. The molecule has 8 heteroatoms. The summed E-state index contributed by atoms with van der Waals surface area (Å²) in [5.74, 6) is -0.211. The molecule has 0 aromatic carbocycles. The van der Waals surface area contributed by atoms with Gasteiger partial charge in [-0.2, -0.15) is 0 Å². The van der Waals surface area contributed by atoms with Gasteiger partial charge in [-0.15, -0.1) is 0 Å². The van der Waals surface area contributed by atoms with Crippen molar-refractivity contribution in [1.82, 2.24) is 25.4 Å². The molecule has 2 aliphatic rings. The van der Waals surface area contributed by atoms with Gasteiger partial charge in [0.05, 0.1) is 0 Å². The fourth-order valence-corrected chi connectivity index (χ4v) is 3.57. The van der Waals surface area contributed by atoms with Crippen molar-refractivity contribution in [2.75, 3.05) is 32.7 Å². The number of nitrogens with one attached hydrogen (secondary N) is 2. The standard InChI is InChI=1S/C18H25N5O3/c1-13(2)21-17(26)23-8-7-22(16(25)14-5-3-4-6-19-14)11-18(12-23)9-15(24)20-10-18/h3-6,13H,7-12H2,1-2H3,(H,20,24)(H,21,26). The number of carbonyl (C=O) groups is 3. The van der Waals surface area contributed by atoms with Gasteiger partial charge >= 0.3 is 6.03 Å². The first-order chi connectivity index (χ1) is 12.4. The molecule has 2 N–H and O–H groups in total. The van der Waals surface area contributed by atoms with E-state index in [1.807, 2.05) is 13.8 Å². The zero-order valence-corrected chi connectivity index (χ0v) is 15.2. The molecule has 1 aromatic heterocycles. The zero-order chi connectivity index (χ0) is 18.7. The molecule has 1 aromatic rings. The van der Waals surface area contributed by atoms with Gasteiger partial charge in [0.2, 0.25) is 5.91 Å². The van der Waals surface area contributed by atoms with E-state index in [1.165, 1.54) is 0 Å². The van der Waals surface area contributed by atoms with Crippen molar-refractivity contribution < 1.29 is 14.4 Å². The maximum atomic E-state index is 12.9. The number of urea groups is 1. The van der Waals surface area contributed by atoms with Gasteiger partial charge in [-0.25, -0.2) is 4.79 Å². The Labute approximate surface area is 152 Å². The molecule has 0 radical (unpaired) electrons. The second-order valence-electron chi connectivity index (χ2n) is 7.42. The summed E-state index contributed by atoms with van der Waals surface area (Å²) in [6.45, 7) is 5.97. The number of nitrogens with zero attached hydrogens (tertiary/aromatic N) is 3. The van der Waals surface area contributed by atoms with E-state index in [0.29, 0.717) is 44.8 Å². The Kier molecular flexibility index (Phi) is 5.11. The summed E-state index contributed by atoms with van der Waals surface area (Å²) < 4.78 is 0. The van der Waals surface area contributed by atoms with Crippen LogP contribution in [0.25, 0.3) is 0 Å². The van der Waals surface area contributed by atoms with Crippen molar-refractivity contribution >= 4 is 17.8 Å². The molecular formula is C18H25N5O3. The molecule has 26 heavy (non-hydrogen) atoms. The van der Waals surface area contributed by atoms with E-state index in [9.17, 15) is 14.4 Å². The van der Waals surface area contributed by atoms with Crippen molar-refractivity contribution in [3.63, 3.8) is 0 Å². The lowest BCUT2D eigenvalue weighted by Crippen LogP contribution is -2.48. The molecule has 3 heterocycles.